The molecule has 0 saturated heterocycles. The van der Waals surface area contributed by atoms with E-state index in [1.807, 2.05) is 0 Å². The monoisotopic (exact) mass is 197 g/mol. The van der Waals surface area contributed by atoms with Gasteiger partial charge in [-0.3, -0.25) is 9.59 Å². The molecule has 0 aliphatic carbocycles. The Bertz CT molecular complexity index is 359. The summed E-state index contributed by atoms with van der Waals surface area (Å²) in [6.07, 6.45) is 1.31. The lowest BCUT2D eigenvalue weighted by atomic mass is 10.3. The molecule has 1 aromatic rings. The molecule has 14 heavy (non-hydrogen) atoms. The molecule has 0 aliphatic heterocycles. The van der Waals surface area contributed by atoms with Gasteiger partial charge in [0, 0.05) is 7.05 Å². The zero-order chi connectivity index (χ0) is 10.7. The summed E-state index contributed by atoms with van der Waals surface area (Å²) in [6.45, 7) is 1.50. The molecule has 7 nitrogen and oxygen atoms in total. The zero-order valence-corrected chi connectivity index (χ0v) is 7.89. The van der Waals surface area contributed by atoms with Crippen molar-refractivity contribution in [3.63, 3.8) is 0 Å². The molecule has 3 N–H and O–H groups in total. The quantitative estimate of drug-likeness (QED) is 0.610. The summed E-state index contributed by atoms with van der Waals surface area (Å²) in [5.41, 5.74) is 5.13. The highest BCUT2D eigenvalue weighted by atomic mass is 16.2. The normalized spacial score (nSPS) is 12.1. The van der Waals surface area contributed by atoms with Gasteiger partial charge in [-0.2, -0.15) is 9.90 Å². The third-order valence-electron chi connectivity index (χ3n) is 1.61. The number of hydrogen-bond acceptors (Lipinski definition) is 4. The summed E-state index contributed by atoms with van der Waals surface area (Å²) in [7, 11) is 1.59. The Balaban J connectivity index is 2.63. The highest BCUT2D eigenvalue weighted by Gasteiger charge is 2.15. The Hall–Kier alpha value is -1.92. The maximum absolute atomic E-state index is 11.3. The van der Waals surface area contributed by atoms with Crippen molar-refractivity contribution in [3.05, 3.63) is 11.9 Å². The maximum Gasteiger partial charge on any atom is 0.274 e. The van der Waals surface area contributed by atoms with Crippen LogP contribution in [0.4, 0.5) is 0 Å². The summed E-state index contributed by atoms with van der Waals surface area (Å²) < 4.78 is 0. The van der Waals surface area contributed by atoms with Crippen LogP contribution in [0, 0.1) is 0 Å². The number of hydrogen-bond donors (Lipinski definition) is 2. The van der Waals surface area contributed by atoms with E-state index in [0.717, 1.165) is 0 Å². The average molecular weight is 197 g/mol. The molecule has 1 atom stereocenters. The molecule has 1 heterocycles. The van der Waals surface area contributed by atoms with Gasteiger partial charge in [0.2, 0.25) is 5.91 Å². The molecule has 0 spiro atoms. The molecule has 76 valence electrons. The fourth-order valence-electron chi connectivity index (χ4n) is 0.792. The predicted molar refractivity (Wildman–Crippen MR) is 47.1 cm³/mol. The number of nitrogens with one attached hydrogen (secondary N) is 1. The standard InChI is InChI=1S/C7H11N5O2/c1-4(6(8)13)10-7(14)5-3-9-12(2)11-5/h3-4H,1-2H3,(H2,8,13)(H,10,14). The first kappa shape index (κ1) is 10.2. The average Bonchev–Trinajstić information content (AvgIpc) is 2.51. The van der Waals surface area contributed by atoms with E-state index in [9.17, 15) is 9.59 Å². The van der Waals surface area contributed by atoms with E-state index >= 15 is 0 Å². The van der Waals surface area contributed by atoms with Crippen molar-refractivity contribution >= 4 is 11.8 Å². The lowest BCUT2D eigenvalue weighted by Gasteiger charge is -2.07. The fraction of sp³-hybridized carbons (Fsp3) is 0.429. The van der Waals surface area contributed by atoms with E-state index in [1.165, 1.54) is 17.9 Å². The van der Waals surface area contributed by atoms with E-state index in [2.05, 4.69) is 15.5 Å². The van der Waals surface area contributed by atoms with Gasteiger partial charge < -0.3 is 11.1 Å². The van der Waals surface area contributed by atoms with Crippen molar-refractivity contribution in [1.82, 2.24) is 20.3 Å². The molecule has 0 fully saturated rings. The summed E-state index contributed by atoms with van der Waals surface area (Å²) in [4.78, 5) is 23.2. The molecular weight excluding hydrogens is 186 g/mol. The third kappa shape index (κ3) is 2.28. The maximum atomic E-state index is 11.3. The van der Waals surface area contributed by atoms with Gasteiger partial charge in [0.25, 0.3) is 5.91 Å². The van der Waals surface area contributed by atoms with Crippen LogP contribution in [0.2, 0.25) is 0 Å². The minimum atomic E-state index is -0.718. The third-order valence-corrected chi connectivity index (χ3v) is 1.61. The van der Waals surface area contributed by atoms with Crippen LogP contribution >= 0.6 is 0 Å². The van der Waals surface area contributed by atoms with Crippen molar-refractivity contribution in [1.29, 1.82) is 0 Å². The number of carbonyl (C=O) groups is 2. The molecule has 0 aliphatic rings. The second kappa shape index (κ2) is 3.86. The van der Waals surface area contributed by atoms with Gasteiger partial charge in [0.15, 0.2) is 5.69 Å². The number of carbonyl (C=O) groups excluding carboxylic acids is 2. The number of primary amides is 1. The van der Waals surface area contributed by atoms with Gasteiger partial charge in [0.05, 0.1) is 6.20 Å². The van der Waals surface area contributed by atoms with Gasteiger partial charge in [-0.1, -0.05) is 0 Å². The summed E-state index contributed by atoms with van der Waals surface area (Å²) in [5.74, 6) is -1.06. The van der Waals surface area contributed by atoms with Crippen molar-refractivity contribution in [2.75, 3.05) is 0 Å². The Morgan fingerprint density at radius 3 is 2.71 bits per heavy atom. The van der Waals surface area contributed by atoms with Gasteiger partial charge in [0.1, 0.15) is 6.04 Å². The molecule has 1 aromatic heterocycles. The highest BCUT2D eigenvalue weighted by molar-refractivity contribution is 5.95. The number of nitrogens with two attached hydrogens (primary N) is 1. The zero-order valence-electron chi connectivity index (χ0n) is 7.89. The summed E-state index contributed by atoms with van der Waals surface area (Å²) >= 11 is 0. The first-order chi connectivity index (χ1) is 6.50. The summed E-state index contributed by atoms with van der Waals surface area (Å²) in [6, 6.07) is -0.718. The smallest absolute Gasteiger partial charge is 0.274 e. The molecule has 7 heteroatoms. The second-order valence-corrected chi connectivity index (χ2v) is 2.82. The van der Waals surface area contributed by atoms with Gasteiger partial charge in [-0.05, 0) is 6.92 Å². The number of amides is 2. The second-order valence-electron chi connectivity index (χ2n) is 2.82. The van der Waals surface area contributed by atoms with E-state index in [1.54, 1.807) is 7.05 Å². The lowest BCUT2D eigenvalue weighted by molar-refractivity contribution is -0.119. The molecule has 0 aromatic carbocycles. The van der Waals surface area contributed by atoms with E-state index in [4.69, 9.17) is 5.73 Å². The van der Waals surface area contributed by atoms with E-state index in [-0.39, 0.29) is 5.69 Å². The Kier molecular flexibility index (Phi) is 2.80. The van der Waals surface area contributed by atoms with E-state index < -0.39 is 17.9 Å². The van der Waals surface area contributed by atoms with Crippen LogP contribution in [0.1, 0.15) is 17.4 Å². The number of nitrogens with zero attached hydrogens (tertiary/aromatic N) is 3. The Labute approximate surface area is 80.3 Å². The van der Waals surface area contributed by atoms with Crippen LogP contribution in [0.3, 0.4) is 0 Å². The molecule has 0 saturated carbocycles. The van der Waals surface area contributed by atoms with E-state index in [0.29, 0.717) is 0 Å². The topological polar surface area (TPSA) is 103 Å². The van der Waals surface area contributed by atoms with Crippen LogP contribution in [-0.2, 0) is 11.8 Å². The Morgan fingerprint density at radius 2 is 2.29 bits per heavy atom. The fourth-order valence-corrected chi connectivity index (χ4v) is 0.792. The minimum absolute atomic E-state index is 0.153. The summed E-state index contributed by atoms with van der Waals surface area (Å²) in [5, 5.41) is 9.86. The highest BCUT2D eigenvalue weighted by Crippen LogP contribution is 1.91. The molecule has 1 rings (SSSR count). The van der Waals surface area contributed by atoms with Gasteiger partial charge in [-0.25, -0.2) is 0 Å². The van der Waals surface area contributed by atoms with Crippen molar-refractivity contribution in [2.45, 2.75) is 13.0 Å². The Morgan fingerprint density at radius 1 is 1.64 bits per heavy atom. The number of aryl methyl sites for hydroxylation is 1. The van der Waals surface area contributed by atoms with Crippen LogP contribution in [-0.4, -0.2) is 32.9 Å². The van der Waals surface area contributed by atoms with Gasteiger partial charge >= 0.3 is 0 Å². The van der Waals surface area contributed by atoms with Crippen LogP contribution in [0.15, 0.2) is 6.20 Å². The SMILES string of the molecule is CC(NC(=O)c1cnn(C)n1)C(N)=O. The van der Waals surface area contributed by atoms with Crippen molar-refractivity contribution < 1.29 is 9.59 Å². The molecule has 0 radical (unpaired) electrons. The minimum Gasteiger partial charge on any atom is -0.368 e. The largest absolute Gasteiger partial charge is 0.368 e. The lowest BCUT2D eigenvalue weighted by Crippen LogP contribution is -2.42. The molecule has 0 bridgehead atoms. The van der Waals surface area contributed by atoms with Crippen LogP contribution < -0.4 is 11.1 Å². The van der Waals surface area contributed by atoms with Crippen molar-refractivity contribution in [2.24, 2.45) is 12.8 Å². The molecule has 1 unspecified atom stereocenters. The predicted octanol–water partition coefficient (Wildman–Crippen LogP) is -1.58. The van der Waals surface area contributed by atoms with Crippen LogP contribution in [0.5, 0.6) is 0 Å². The number of aromatic nitrogens is 3. The van der Waals surface area contributed by atoms with Gasteiger partial charge in [-0.15, -0.1) is 5.10 Å². The van der Waals surface area contributed by atoms with Crippen molar-refractivity contribution in [3.8, 4) is 0 Å². The first-order valence-corrected chi connectivity index (χ1v) is 3.97. The number of rotatable bonds is 3. The van der Waals surface area contributed by atoms with Crippen LogP contribution in [0.25, 0.3) is 0 Å². The first-order valence-electron chi connectivity index (χ1n) is 3.97. The molecular formula is C7H11N5O2. The molecule has 2 amide bonds.